The van der Waals surface area contributed by atoms with E-state index in [2.05, 4.69) is 12.2 Å². The van der Waals surface area contributed by atoms with E-state index in [0.717, 1.165) is 13.2 Å². The van der Waals surface area contributed by atoms with E-state index < -0.39 is 0 Å². The Labute approximate surface area is 61.9 Å². The lowest BCUT2D eigenvalue weighted by Gasteiger charge is -2.49. The maximum absolute atomic E-state index is 5.75. The Morgan fingerprint density at radius 1 is 1.50 bits per heavy atom. The zero-order chi connectivity index (χ0) is 7.03. The van der Waals surface area contributed by atoms with Gasteiger partial charge >= 0.3 is 0 Å². The van der Waals surface area contributed by atoms with Gasteiger partial charge in [0.05, 0.1) is 12.2 Å². The van der Waals surface area contributed by atoms with Gasteiger partial charge in [-0.05, 0) is 26.2 Å². The molecule has 2 heteroatoms. The molecule has 58 valence electrons. The van der Waals surface area contributed by atoms with Gasteiger partial charge in [-0.2, -0.15) is 0 Å². The van der Waals surface area contributed by atoms with E-state index >= 15 is 0 Å². The summed E-state index contributed by atoms with van der Waals surface area (Å²) in [5, 5.41) is 3.45. The minimum absolute atomic E-state index is 0.248. The fourth-order valence-corrected chi connectivity index (χ4v) is 1.94. The monoisotopic (exact) mass is 141 g/mol. The minimum Gasteiger partial charge on any atom is -0.372 e. The van der Waals surface area contributed by atoms with E-state index in [4.69, 9.17) is 4.74 Å². The topological polar surface area (TPSA) is 21.3 Å². The minimum atomic E-state index is 0.248. The Morgan fingerprint density at radius 2 is 2.30 bits per heavy atom. The first kappa shape index (κ1) is 6.62. The first-order valence-electron chi connectivity index (χ1n) is 4.21. The summed E-state index contributed by atoms with van der Waals surface area (Å²) in [6.45, 7) is 4.17. The first-order chi connectivity index (χ1) is 4.83. The highest BCUT2D eigenvalue weighted by Gasteiger charge is 2.44. The molecule has 0 bridgehead atoms. The number of ether oxygens (including phenoxy) is 1. The van der Waals surface area contributed by atoms with Crippen LogP contribution in [0.2, 0.25) is 0 Å². The lowest BCUT2D eigenvalue weighted by Crippen LogP contribution is -2.60. The summed E-state index contributed by atoms with van der Waals surface area (Å²) in [5.41, 5.74) is 0.248. The zero-order valence-electron chi connectivity index (χ0n) is 6.52. The predicted molar refractivity (Wildman–Crippen MR) is 40.0 cm³/mol. The second-order valence-corrected chi connectivity index (χ2v) is 3.44. The molecule has 0 amide bonds. The number of rotatable bonds is 0. The summed E-state index contributed by atoms with van der Waals surface area (Å²) in [6, 6.07) is 0.579. The Hall–Kier alpha value is -0.0800. The number of hydrogen-bond acceptors (Lipinski definition) is 2. The summed E-state index contributed by atoms with van der Waals surface area (Å²) >= 11 is 0. The van der Waals surface area contributed by atoms with Crippen LogP contribution in [-0.4, -0.2) is 24.8 Å². The quantitative estimate of drug-likeness (QED) is 0.541. The van der Waals surface area contributed by atoms with Gasteiger partial charge in [0, 0.05) is 12.6 Å². The molecule has 2 nitrogen and oxygen atoms in total. The fourth-order valence-electron chi connectivity index (χ4n) is 1.94. The van der Waals surface area contributed by atoms with Crippen molar-refractivity contribution in [1.82, 2.24) is 5.32 Å². The summed E-state index contributed by atoms with van der Waals surface area (Å²) in [6.07, 6.45) is 3.88. The largest absolute Gasteiger partial charge is 0.372 e. The van der Waals surface area contributed by atoms with E-state index in [-0.39, 0.29) is 5.60 Å². The predicted octanol–water partition coefficient (Wildman–Crippen LogP) is 0.917. The van der Waals surface area contributed by atoms with Crippen molar-refractivity contribution in [2.45, 2.75) is 37.8 Å². The van der Waals surface area contributed by atoms with Crippen LogP contribution in [0.1, 0.15) is 26.2 Å². The lowest BCUT2D eigenvalue weighted by molar-refractivity contribution is -0.140. The third-order valence-electron chi connectivity index (χ3n) is 2.93. The van der Waals surface area contributed by atoms with E-state index in [9.17, 15) is 0 Å². The number of nitrogens with one attached hydrogen (secondary N) is 1. The van der Waals surface area contributed by atoms with Crippen molar-refractivity contribution >= 4 is 0 Å². The second kappa shape index (κ2) is 2.21. The molecule has 1 saturated carbocycles. The fraction of sp³-hybridized carbons (Fsp3) is 1.00. The van der Waals surface area contributed by atoms with E-state index in [1.54, 1.807) is 0 Å². The van der Waals surface area contributed by atoms with E-state index in [1.807, 2.05) is 0 Å². The highest BCUT2D eigenvalue weighted by molar-refractivity contribution is 4.99. The SMILES string of the molecule is CC1NCCOC12CCC2. The molecular formula is C8H15NO. The molecule has 1 saturated heterocycles. The van der Waals surface area contributed by atoms with Gasteiger partial charge < -0.3 is 10.1 Å². The van der Waals surface area contributed by atoms with Crippen LogP contribution < -0.4 is 5.32 Å². The average molecular weight is 141 g/mol. The molecular weight excluding hydrogens is 126 g/mol. The van der Waals surface area contributed by atoms with Gasteiger partial charge in [0.15, 0.2) is 0 Å². The second-order valence-electron chi connectivity index (χ2n) is 3.44. The lowest BCUT2D eigenvalue weighted by atomic mass is 9.74. The van der Waals surface area contributed by atoms with Gasteiger partial charge in [0.2, 0.25) is 0 Å². The summed E-state index contributed by atoms with van der Waals surface area (Å²) in [5.74, 6) is 0. The zero-order valence-corrected chi connectivity index (χ0v) is 6.52. The Kier molecular flexibility index (Phi) is 1.46. The molecule has 1 aliphatic carbocycles. The molecule has 0 aromatic rings. The van der Waals surface area contributed by atoms with Gasteiger partial charge in [-0.15, -0.1) is 0 Å². The molecule has 1 spiro atoms. The van der Waals surface area contributed by atoms with Crippen molar-refractivity contribution in [2.24, 2.45) is 0 Å². The number of morpholine rings is 1. The molecule has 0 aromatic carbocycles. The Morgan fingerprint density at radius 3 is 2.70 bits per heavy atom. The van der Waals surface area contributed by atoms with E-state index in [1.165, 1.54) is 19.3 Å². The normalized spacial score (nSPS) is 37.5. The maximum atomic E-state index is 5.75. The summed E-state index contributed by atoms with van der Waals surface area (Å²) in [4.78, 5) is 0. The summed E-state index contributed by atoms with van der Waals surface area (Å²) in [7, 11) is 0. The van der Waals surface area contributed by atoms with Gasteiger partial charge in [0.1, 0.15) is 0 Å². The van der Waals surface area contributed by atoms with Crippen molar-refractivity contribution in [1.29, 1.82) is 0 Å². The third kappa shape index (κ3) is 0.789. The molecule has 2 fully saturated rings. The molecule has 1 heterocycles. The maximum Gasteiger partial charge on any atom is 0.0832 e. The Balaban J connectivity index is 2.03. The van der Waals surface area contributed by atoms with Crippen LogP contribution in [0.3, 0.4) is 0 Å². The molecule has 1 unspecified atom stereocenters. The molecule has 1 N–H and O–H groups in total. The summed E-state index contributed by atoms with van der Waals surface area (Å²) < 4.78 is 5.75. The van der Waals surface area contributed by atoms with Gasteiger partial charge in [0.25, 0.3) is 0 Å². The standard InChI is InChI=1S/C8H15NO/c1-7-8(3-2-4-8)10-6-5-9-7/h7,9H,2-6H2,1H3. The van der Waals surface area contributed by atoms with Gasteiger partial charge in [-0.25, -0.2) is 0 Å². The van der Waals surface area contributed by atoms with Crippen molar-refractivity contribution in [3.8, 4) is 0 Å². The van der Waals surface area contributed by atoms with E-state index in [0.29, 0.717) is 6.04 Å². The number of hydrogen-bond donors (Lipinski definition) is 1. The van der Waals surface area contributed by atoms with Crippen LogP contribution in [0.5, 0.6) is 0 Å². The highest BCUT2D eigenvalue weighted by atomic mass is 16.5. The van der Waals surface area contributed by atoms with Crippen LogP contribution in [-0.2, 0) is 4.74 Å². The van der Waals surface area contributed by atoms with Crippen LogP contribution in [0, 0.1) is 0 Å². The molecule has 0 aromatic heterocycles. The average Bonchev–Trinajstić information content (AvgIpc) is 1.85. The molecule has 2 aliphatic rings. The van der Waals surface area contributed by atoms with Crippen LogP contribution in [0.15, 0.2) is 0 Å². The Bertz CT molecular complexity index is 131. The van der Waals surface area contributed by atoms with Crippen molar-refractivity contribution in [3.05, 3.63) is 0 Å². The van der Waals surface area contributed by atoms with Crippen molar-refractivity contribution in [2.75, 3.05) is 13.2 Å². The smallest absolute Gasteiger partial charge is 0.0832 e. The highest BCUT2D eigenvalue weighted by Crippen LogP contribution is 2.39. The van der Waals surface area contributed by atoms with Crippen LogP contribution >= 0.6 is 0 Å². The first-order valence-corrected chi connectivity index (χ1v) is 4.21. The molecule has 10 heavy (non-hydrogen) atoms. The van der Waals surface area contributed by atoms with Crippen LogP contribution in [0.25, 0.3) is 0 Å². The van der Waals surface area contributed by atoms with Gasteiger partial charge in [-0.3, -0.25) is 0 Å². The third-order valence-corrected chi connectivity index (χ3v) is 2.93. The molecule has 1 aliphatic heterocycles. The van der Waals surface area contributed by atoms with Crippen LogP contribution in [0.4, 0.5) is 0 Å². The van der Waals surface area contributed by atoms with Crippen molar-refractivity contribution < 1.29 is 4.74 Å². The molecule has 2 rings (SSSR count). The molecule has 1 atom stereocenters. The molecule has 0 radical (unpaired) electrons. The van der Waals surface area contributed by atoms with Crippen molar-refractivity contribution in [3.63, 3.8) is 0 Å². The van der Waals surface area contributed by atoms with Gasteiger partial charge in [-0.1, -0.05) is 0 Å².